The Labute approximate surface area is 519 Å². The van der Waals surface area contributed by atoms with E-state index >= 15 is 0 Å². The molecule has 0 aromatic carbocycles. The third-order valence-corrected chi connectivity index (χ3v) is 14.4. The first-order chi connectivity index (χ1) is 42.9. The second-order valence-corrected chi connectivity index (χ2v) is 22.1. The molecular weight excluding hydrogens is 1180 g/mol. The first-order valence-corrected chi connectivity index (χ1v) is 28.0. The van der Waals surface area contributed by atoms with Crippen LogP contribution in [0.25, 0.3) is 0 Å². The van der Waals surface area contributed by atoms with Crippen LogP contribution in [0.2, 0.25) is 0 Å². The van der Waals surface area contributed by atoms with Crippen molar-refractivity contribution >= 4 is 105 Å². The minimum atomic E-state index is -1.16. The molecular formula is C58H70N22O11. The highest BCUT2D eigenvalue weighted by atomic mass is 16.2. The normalized spacial score (nSPS) is 11.5. The van der Waals surface area contributed by atoms with Gasteiger partial charge >= 0.3 is 0 Å². The van der Waals surface area contributed by atoms with E-state index in [0.29, 0.717) is 22.7 Å². The maximum atomic E-state index is 13.5. The molecule has 8 heterocycles. The number of anilines is 7. The molecule has 0 saturated heterocycles. The lowest BCUT2D eigenvalue weighted by Crippen LogP contribution is -2.42. The Balaban J connectivity index is 0.735. The average molecular weight is 1250 g/mol. The van der Waals surface area contributed by atoms with Crippen molar-refractivity contribution in [1.82, 2.24) is 62.7 Å². The third-order valence-electron chi connectivity index (χ3n) is 14.4. The van der Waals surface area contributed by atoms with E-state index in [1.165, 1.54) is 106 Å². The molecule has 1 atom stereocenters. The van der Waals surface area contributed by atoms with E-state index in [-0.39, 0.29) is 95.4 Å². The Morgan fingerprint density at radius 3 is 1.31 bits per heavy atom. The minimum Gasteiger partial charge on any atom is -0.364 e. The molecule has 33 heteroatoms. The van der Waals surface area contributed by atoms with E-state index in [1.54, 1.807) is 92.5 Å². The Hall–Kier alpha value is -11.8. The Kier molecular flexibility index (Phi) is 19.4. The number of hydrogen-bond donors (Lipinski definition) is 12. The number of carbonyl (C=O) groups excluding carboxylic acids is 11. The number of imidazole rings is 1. The molecule has 8 aromatic heterocycles. The molecule has 91 heavy (non-hydrogen) atoms. The first kappa shape index (κ1) is 65.2. The fourth-order valence-electron chi connectivity index (χ4n) is 9.42. The summed E-state index contributed by atoms with van der Waals surface area (Å²) in [5.41, 5.74) is 13.5. The highest BCUT2D eigenvalue weighted by molar-refractivity contribution is 6.09. The molecule has 478 valence electrons. The molecule has 0 saturated carbocycles. The SMILES string of the molecule is Cn1cc(NC(=O)c2cc(NC(=O)c3cc(NC(=O)C(C)(C)CNC(=O)c4cc(NC(=O)[C@H](N)CCNC(=O)c5cc(NC(=O)c6cc(NC(=O)CCNC(=O)c7cc(NC(=O)c8nccn8C)cn7C)nn6C)cn5C)cn4C)cn3C)cn2C)cc1C(N)=O. The predicted octanol–water partition coefficient (Wildman–Crippen LogP) is 1.53. The average Bonchev–Trinajstić information content (AvgIpc) is 2.26. The van der Waals surface area contributed by atoms with Gasteiger partial charge in [-0.15, -0.1) is 0 Å². The standard InChI is InChI=1S/C58H70N22O11/c1-58(2,57(91)70-36-22-43(79(9)29-36)54(88)67-34-21-42(78(8)27-34)53(87)66-31-17-38(47(60)82)74(4)24-31)30-64-52(86)41-18-32(25-77(41)7)65-49(83)37(59)11-13-62-50(84)39-19-33(26-75(39)5)68-55(89)44-23-45(72-80(44)10)71-46(81)12-14-63-51(85)40-20-35(28-76(40)6)69-56(90)48-61-15-16-73(48)3/h15-29,37H,11-14,30,59H2,1-10H3,(H2,60,82)(H,62,84)(H,63,85)(H,64,86)(H,65,83)(H,66,87)(H,67,88)(H,68,89)(H,69,90)(H,70,91)(H,71,72,81)/t37-/m1/s1. The van der Waals surface area contributed by atoms with Gasteiger partial charge in [0.15, 0.2) is 11.6 Å². The van der Waals surface area contributed by atoms with E-state index < -0.39 is 76.4 Å². The van der Waals surface area contributed by atoms with Crippen LogP contribution in [0.5, 0.6) is 0 Å². The Morgan fingerprint density at radius 2 is 0.857 bits per heavy atom. The molecule has 0 aliphatic heterocycles. The molecule has 0 spiro atoms. The van der Waals surface area contributed by atoms with Crippen LogP contribution in [-0.4, -0.2) is 137 Å². The summed E-state index contributed by atoms with van der Waals surface area (Å²) in [6, 6.07) is 9.05. The van der Waals surface area contributed by atoms with Gasteiger partial charge in [-0.3, -0.25) is 57.4 Å². The van der Waals surface area contributed by atoms with Gasteiger partial charge in [0.1, 0.15) is 39.9 Å². The lowest BCUT2D eigenvalue weighted by molar-refractivity contribution is -0.123. The minimum absolute atomic E-state index is 0.0106. The molecule has 0 aliphatic carbocycles. The van der Waals surface area contributed by atoms with Gasteiger partial charge in [0.25, 0.3) is 47.3 Å². The highest BCUT2D eigenvalue weighted by Gasteiger charge is 2.30. The number of carbonyl (C=O) groups is 11. The molecule has 0 bridgehead atoms. The Bertz CT molecular complexity index is 4190. The van der Waals surface area contributed by atoms with Gasteiger partial charge in [0, 0.05) is 138 Å². The Morgan fingerprint density at radius 1 is 0.462 bits per heavy atom. The molecule has 8 aromatic rings. The molecule has 0 fully saturated rings. The van der Waals surface area contributed by atoms with Crippen LogP contribution in [0.4, 0.5) is 39.9 Å². The topological polar surface area (TPSA) is 425 Å². The monoisotopic (exact) mass is 1250 g/mol. The maximum absolute atomic E-state index is 13.5. The van der Waals surface area contributed by atoms with E-state index in [4.69, 9.17) is 11.5 Å². The van der Waals surface area contributed by atoms with Crippen LogP contribution in [-0.2, 0) is 70.8 Å². The lowest BCUT2D eigenvalue weighted by Gasteiger charge is -2.23. The number of nitrogens with two attached hydrogens (primary N) is 2. The van der Waals surface area contributed by atoms with Crippen molar-refractivity contribution in [3.63, 3.8) is 0 Å². The zero-order valence-electron chi connectivity index (χ0n) is 51.4. The largest absolute Gasteiger partial charge is 0.364 e. The van der Waals surface area contributed by atoms with Crippen molar-refractivity contribution in [1.29, 1.82) is 0 Å². The number of aromatic nitrogens is 10. The van der Waals surface area contributed by atoms with Crippen molar-refractivity contribution < 1.29 is 52.7 Å². The second-order valence-electron chi connectivity index (χ2n) is 22.1. The number of nitrogens with zero attached hydrogens (tertiary/aromatic N) is 10. The van der Waals surface area contributed by atoms with Gasteiger partial charge in [0.05, 0.1) is 45.6 Å². The third kappa shape index (κ3) is 15.7. The predicted molar refractivity (Wildman–Crippen MR) is 333 cm³/mol. The number of primary amides is 1. The number of aryl methyl sites for hydroxylation is 8. The zero-order valence-corrected chi connectivity index (χ0v) is 51.4. The van der Waals surface area contributed by atoms with E-state index in [9.17, 15) is 52.7 Å². The van der Waals surface area contributed by atoms with Crippen molar-refractivity contribution in [3.05, 3.63) is 138 Å². The number of rotatable bonds is 25. The summed E-state index contributed by atoms with van der Waals surface area (Å²) in [6.45, 7) is 3.09. The summed E-state index contributed by atoms with van der Waals surface area (Å²) in [7, 11) is 12.9. The number of amides is 11. The van der Waals surface area contributed by atoms with Crippen molar-refractivity contribution in [3.8, 4) is 0 Å². The number of hydrogen-bond acceptors (Lipinski definition) is 14. The number of nitrogens with one attached hydrogen (secondary N) is 10. The summed E-state index contributed by atoms with van der Waals surface area (Å²) in [4.78, 5) is 147. The van der Waals surface area contributed by atoms with Gasteiger partial charge in [0.2, 0.25) is 17.7 Å². The van der Waals surface area contributed by atoms with Crippen LogP contribution < -0.4 is 64.6 Å². The van der Waals surface area contributed by atoms with E-state index in [1.807, 2.05) is 0 Å². The van der Waals surface area contributed by atoms with Gasteiger partial charge in [-0.1, -0.05) is 0 Å². The van der Waals surface area contributed by atoms with Crippen molar-refractivity contribution in [2.24, 2.45) is 73.3 Å². The van der Waals surface area contributed by atoms with Gasteiger partial charge in [-0.2, -0.15) is 5.10 Å². The van der Waals surface area contributed by atoms with Crippen LogP contribution in [0.3, 0.4) is 0 Å². The van der Waals surface area contributed by atoms with Crippen molar-refractivity contribution in [2.75, 3.05) is 56.9 Å². The maximum Gasteiger partial charge on any atom is 0.291 e. The molecule has 14 N–H and O–H groups in total. The van der Waals surface area contributed by atoms with Gasteiger partial charge in [-0.25, -0.2) is 4.98 Å². The first-order valence-electron chi connectivity index (χ1n) is 28.0. The van der Waals surface area contributed by atoms with Crippen LogP contribution in [0, 0.1) is 5.41 Å². The summed E-state index contributed by atoms with van der Waals surface area (Å²) in [5, 5.41) is 31.3. The highest BCUT2D eigenvalue weighted by Crippen LogP contribution is 2.24. The lowest BCUT2D eigenvalue weighted by atomic mass is 9.92. The fourth-order valence-corrected chi connectivity index (χ4v) is 9.42. The second kappa shape index (κ2) is 27.1. The molecule has 0 radical (unpaired) electrons. The summed E-state index contributed by atoms with van der Waals surface area (Å²) < 4.78 is 11.8. The van der Waals surface area contributed by atoms with E-state index in [2.05, 4.69) is 63.3 Å². The van der Waals surface area contributed by atoms with Gasteiger partial charge in [-0.05, 0) is 56.7 Å². The van der Waals surface area contributed by atoms with Crippen LogP contribution in [0.1, 0.15) is 111 Å². The van der Waals surface area contributed by atoms with Crippen molar-refractivity contribution in [2.45, 2.75) is 32.7 Å². The molecule has 0 unspecified atom stereocenters. The molecule has 33 nitrogen and oxygen atoms in total. The quantitative estimate of drug-likeness (QED) is 0.0386. The van der Waals surface area contributed by atoms with E-state index in [0.717, 1.165) is 0 Å². The fraction of sp³-hybridized carbons (Fsp3) is 0.293. The molecule has 8 rings (SSSR count). The molecule has 11 amide bonds. The summed E-state index contributed by atoms with van der Waals surface area (Å²) in [6.07, 6.45) is 12.2. The van der Waals surface area contributed by atoms with Crippen LogP contribution >= 0.6 is 0 Å². The van der Waals surface area contributed by atoms with Crippen LogP contribution in [0.15, 0.2) is 92.0 Å². The summed E-state index contributed by atoms with van der Waals surface area (Å²) in [5.74, 6) is -5.57. The smallest absolute Gasteiger partial charge is 0.291 e. The zero-order chi connectivity index (χ0) is 66.3. The molecule has 0 aliphatic rings. The van der Waals surface area contributed by atoms with Gasteiger partial charge < -0.3 is 96.6 Å². The summed E-state index contributed by atoms with van der Waals surface area (Å²) >= 11 is 0.